The summed E-state index contributed by atoms with van der Waals surface area (Å²) in [5.74, 6) is 1.42. The van der Waals surface area contributed by atoms with Crippen LogP contribution in [0.2, 0.25) is 10.0 Å². The summed E-state index contributed by atoms with van der Waals surface area (Å²) in [5, 5.41) is 9.33. The molecule has 1 N–H and O–H groups in total. The van der Waals surface area contributed by atoms with Gasteiger partial charge in [0.15, 0.2) is 0 Å². The van der Waals surface area contributed by atoms with Crippen LogP contribution in [0.15, 0.2) is 78.6 Å². The predicted octanol–water partition coefficient (Wildman–Crippen LogP) is 6.45. The molecular weight excluding hydrogens is 443 g/mol. The molecule has 0 bridgehead atoms. The Morgan fingerprint density at radius 2 is 1.75 bits per heavy atom. The second kappa shape index (κ2) is 7.40. The van der Waals surface area contributed by atoms with E-state index < -0.39 is 0 Å². The summed E-state index contributed by atoms with van der Waals surface area (Å²) in [6.45, 7) is 2.08. The number of nitrogens with one attached hydrogen (secondary N) is 1. The standard InChI is InChI=1S/C25H18Cl2N4O/c1-14-5-7-15(8-6-14)23-21-22(30-25-28-13-29-31(23)25)19-12-18(27)9-10-20(19)32-24(21)16-3-2-4-17(26)11-16/h2-13,23-24H,1H3,(H,28,29,30)/t23-,24+/m0/s1. The highest BCUT2D eigenvalue weighted by molar-refractivity contribution is 6.31. The molecule has 0 saturated carbocycles. The largest absolute Gasteiger partial charge is 0.480 e. The van der Waals surface area contributed by atoms with Crippen molar-refractivity contribution < 1.29 is 4.74 Å². The number of halogens is 2. The summed E-state index contributed by atoms with van der Waals surface area (Å²) >= 11 is 12.7. The van der Waals surface area contributed by atoms with Gasteiger partial charge < -0.3 is 10.1 Å². The Bertz CT molecular complexity index is 1380. The monoisotopic (exact) mass is 460 g/mol. The van der Waals surface area contributed by atoms with Crippen LogP contribution in [0.1, 0.15) is 34.4 Å². The van der Waals surface area contributed by atoms with Crippen molar-refractivity contribution >= 4 is 34.8 Å². The van der Waals surface area contributed by atoms with Gasteiger partial charge in [0.2, 0.25) is 5.95 Å². The quantitative estimate of drug-likeness (QED) is 0.373. The Morgan fingerprint density at radius 1 is 0.938 bits per heavy atom. The minimum Gasteiger partial charge on any atom is -0.480 e. The van der Waals surface area contributed by atoms with E-state index in [1.807, 2.05) is 47.1 Å². The molecule has 2 atom stereocenters. The fourth-order valence-corrected chi connectivity index (χ4v) is 4.83. The molecule has 5 nitrogen and oxygen atoms in total. The van der Waals surface area contributed by atoms with Crippen LogP contribution in [0.5, 0.6) is 5.75 Å². The van der Waals surface area contributed by atoms with E-state index in [1.54, 1.807) is 6.33 Å². The van der Waals surface area contributed by atoms with Crippen LogP contribution in [0.4, 0.5) is 5.95 Å². The molecule has 6 rings (SSSR count). The molecule has 4 aromatic rings. The number of ether oxygens (including phenoxy) is 1. The lowest BCUT2D eigenvalue weighted by Gasteiger charge is -2.39. The topological polar surface area (TPSA) is 52.0 Å². The van der Waals surface area contributed by atoms with Gasteiger partial charge in [-0.15, -0.1) is 0 Å². The van der Waals surface area contributed by atoms with Crippen molar-refractivity contribution in [1.29, 1.82) is 0 Å². The number of fused-ring (bicyclic) bond motifs is 3. The lowest BCUT2D eigenvalue weighted by Crippen LogP contribution is -2.32. The average Bonchev–Trinajstić information content (AvgIpc) is 3.26. The number of anilines is 1. The lowest BCUT2D eigenvalue weighted by molar-refractivity contribution is 0.223. The summed E-state index contributed by atoms with van der Waals surface area (Å²) in [5.41, 5.74) is 6.12. The van der Waals surface area contributed by atoms with Gasteiger partial charge in [0, 0.05) is 21.2 Å². The van der Waals surface area contributed by atoms with E-state index in [-0.39, 0.29) is 12.1 Å². The van der Waals surface area contributed by atoms with Crippen molar-refractivity contribution in [3.63, 3.8) is 0 Å². The van der Waals surface area contributed by atoms with Crippen molar-refractivity contribution in [3.05, 3.63) is 111 Å². The smallest absolute Gasteiger partial charge is 0.226 e. The maximum absolute atomic E-state index is 6.59. The Labute approximate surface area is 195 Å². The summed E-state index contributed by atoms with van der Waals surface area (Å²) in [7, 11) is 0. The van der Waals surface area contributed by atoms with Crippen molar-refractivity contribution in [2.45, 2.75) is 19.1 Å². The molecular formula is C25H18Cl2N4O. The molecule has 3 heterocycles. The van der Waals surface area contributed by atoms with Gasteiger partial charge >= 0.3 is 0 Å². The van der Waals surface area contributed by atoms with Gasteiger partial charge in [-0.1, -0.05) is 65.2 Å². The Morgan fingerprint density at radius 3 is 2.56 bits per heavy atom. The average molecular weight is 461 g/mol. The number of aryl methyl sites for hydroxylation is 1. The molecule has 3 aromatic carbocycles. The molecule has 0 radical (unpaired) electrons. The third-order valence-electron chi connectivity index (χ3n) is 5.92. The maximum Gasteiger partial charge on any atom is 0.226 e. The zero-order valence-electron chi connectivity index (χ0n) is 17.1. The first-order valence-corrected chi connectivity index (χ1v) is 11.0. The second-order valence-corrected chi connectivity index (χ2v) is 8.86. The minimum absolute atomic E-state index is 0.208. The lowest BCUT2D eigenvalue weighted by atomic mass is 9.84. The molecule has 1 aromatic heterocycles. The van der Waals surface area contributed by atoms with Crippen LogP contribution in [-0.2, 0) is 0 Å². The van der Waals surface area contributed by atoms with Gasteiger partial charge in [0.25, 0.3) is 0 Å². The third-order valence-corrected chi connectivity index (χ3v) is 6.39. The van der Waals surface area contributed by atoms with Gasteiger partial charge in [-0.2, -0.15) is 10.1 Å². The fraction of sp³-hybridized carbons (Fsp3) is 0.120. The molecule has 0 fully saturated rings. The second-order valence-electron chi connectivity index (χ2n) is 7.99. The third kappa shape index (κ3) is 3.08. The molecule has 0 unspecified atom stereocenters. The molecule has 2 aliphatic heterocycles. The highest BCUT2D eigenvalue weighted by Crippen LogP contribution is 2.51. The van der Waals surface area contributed by atoms with Gasteiger partial charge in [0.05, 0.1) is 5.70 Å². The number of nitrogens with zero attached hydrogens (tertiary/aromatic N) is 3. The van der Waals surface area contributed by atoms with Crippen LogP contribution in [0.3, 0.4) is 0 Å². The Kier molecular flexibility index (Phi) is 4.49. The molecule has 0 spiro atoms. The van der Waals surface area contributed by atoms with Gasteiger partial charge in [0.1, 0.15) is 24.2 Å². The molecule has 32 heavy (non-hydrogen) atoms. The zero-order chi connectivity index (χ0) is 21.8. The van der Waals surface area contributed by atoms with E-state index in [9.17, 15) is 0 Å². The maximum atomic E-state index is 6.59. The highest BCUT2D eigenvalue weighted by Gasteiger charge is 2.41. The van der Waals surface area contributed by atoms with Gasteiger partial charge in [-0.3, -0.25) is 0 Å². The first-order chi connectivity index (χ1) is 15.6. The van der Waals surface area contributed by atoms with Gasteiger partial charge in [-0.05, 0) is 48.4 Å². The number of hydrogen-bond donors (Lipinski definition) is 1. The molecule has 7 heteroatoms. The van der Waals surface area contributed by atoms with Crippen molar-refractivity contribution in [2.75, 3.05) is 5.32 Å². The number of aromatic nitrogens is 3. The minimum atomic E-state index is -0.367. The summed E-state index contributed by atoms with van der Waals surface area (Å²) < 4.78 is 8.49. The number of benzene rings is 3. The number of hydrogen-bond acceptors (Lipinski definition) is 4. The van der Waals surface area contributed by atoms with Crippen LogP contribution in [0.25, 0.3) is 5.70 Å². The van der Waals surface area contributed by atoms with E-state index in [1.165, 1.54) is 5.56 Å². The van der Waals surface area contributed by atoms with Crippen LogP contribution in [0, 0.1) is 6.92 Å². The van der Waals surface area contributed by atoms with Crippen molar-refractivity contribution in [2.24, 2.45) is 0 Å². The molecule has 0 amide bonds. The first kappa shape index (κ1) is 19.4. The summed E-state index contributed by atoms with van der Waals surface area (Å²) in [4.78, 5) is 4.46. The first-order valence-electron chi connectivity index (χ1n) is 10.3. The zero-order valence-corrected chi connectivity index (χ0v) is 18.6. The van der Waals surface area contributed by atoms with E-state index in [0.717, 1.165) is 33.7 Å². The van der Waals surface area contributed by atoms with Gasteiger partial charge in [-0.25, -0.2) is 4.68 Å². The van der Waals surface area contributed by atoms with Crippen LogP contribution in [-0.4, -0.2) is 14.8 Å². The van der Waals surface area contributed by atoms with E-state index in [2.05, 4.69) is 46.6 Å². The summed E-state index contributed by atoms with van der Waals surface area (Å²) in [6.07, 6.45) is 1.20. The van der Waals surface area contributed by atoms with E-state index >= 15 is 0 Å². The molecule has 2 aliphatic rings. The Hall–Kier alpha value is -3.28. The van der Waals surface area contributed by atoms with E-state index in [4.69, 9.17) is 27.9 Å². The summed E-state index contributed by atoms with van der Waals surface area (Å²) in [6, 6.07) is 21.7. The number of rotatable bonds is 2. The highest BCUT2D eigenvalue weighted by atomic mass is 35.5. The van der Waals surface area contributed by atoms with E-state index in [0.29, 0.717) is 16.0 Å². The Balaban J connectivity index is 1.64. The molecule has 0 saturated heterocycles. The SMILES string of the molecule is Cc1ccc([C@H]2C3=C(Nc4ncnn42)c2cc(Cl)ccc2O[C@@H]3c2cccc(Cl)c2)cc1. The fourth-order valence-electron chi connectivity index (χ4n) is 4.46. The van der Waals surface area contributed by atoms with Crippen LogP contribution >= 0.6 is 23.2 Å². The molecule has 158 valence electrons. The van der Waals surface area contributed by atoms with Crippen molar-refractivity contribution in [3.8, 4) is 5.75 Å². The predicted molar refractivity (Wildman–Crippen MR) is 126 cm³/mol. The normalized spacial score (nSPS) is 18.8. The van der Waals surface area contributed by atoms with Crippen LogP contribution < -0.4 is 10.1 Å². The molecule has 0 aliphatic carbocycles. The van der Waals surface area contributed by atoms with Crippen molar-refractivity contribution in [1.82, 2.24) is 14.8 Å².